The fraction of sp³-hybridized carbons (Fsp3) is 0.667. The molecular weight excluding hydrogens is 399 g/mol. The highest BCUT2D eigenvalue weighted by atomic mass is 35.5. The first-order chi connectivity index (χ1) is 13.3. The molecular formula is C21H28ClFN2O2S. The Morgan fingerprint density at radius 2 is 2.00 bits per heavy atom. The maximum atomic E-state index is 14.5. The van der Waals surface area contributed by atoms with E-state index in [4.69, 9.17) is 21.1 Å². The molecule has 0 saturated heterocycles. The fourth-order valence-electron chi connectivity index (χ4n) is 4.98. The van der Waals surface area contributed by atoms with Crippen molar-refractivity contribution in [1.82, 2.24) is 4.72 Å². The van der Waals surface area contributed by atoms with Crippen LogP contribution in [0.4, 0.5) is 4.39 Å². The molecule has 0 heterocycles. The van der Waals surface area contributed by atoms with Gasteiger partial charge in [-0.1, -0.05) is 37.8 Å². The molecule has 1 aromatic carbocycles. The SMILES string of the molecule is CC1(COc2cc(F)c(C(=O)NS(=N)C3CC3)cc2Cl)CC2CCCC(C2)C1. The lowest BCUT2D eigenvalue weighted by atomic mass is 9.62. The Morgan fingerprint density at radius 3 is 2.64 bits per heavy atom. The first-order valence-electron chi connectivity index (χ1n) is 10.2. The summed E-state index contributed by atoms with van der Waals surface area (Å²) in [6.07, 6.45) is 9.50. The molecule has 3 saturated carbocycles. The lowest BCUT2D eigenvalue weighted by Gasteiger charge is -2.45. The number of hydrogen-bond acceptors (Lipinski definition) is 3. The third-order valence-corrected chi connectivity index (χ3v) is 8.20. The Bertz CT molecular complexity index is 787. The molecule has 0 aliphatic heterocycles. The van der Waals surface area contributed by atoms with Gasteiger partial charge in [0.25, 0.3) is 5.91 Å². The van der Waals surface area contributed by atoms with Crippen molar-refractivity contribution in [3.63, 3.8) is 0 Å². The summed E-state index contributed by atoms with van der Waals surface area (Å²) in [5.41, 5.74) is -0.0330. The van der Waals surface area contributed by atoms with Gasteiger partial charge in [0.2, 0.25) is 0 Å². The van der Waals surface area contributed by atoms with E-state index < -0.39 is 22.6 Å². The largest absolute Gasteiger partial charge is 0.491 e. The topological polar surface area (TPSA) is 62.2 Å². The minimum atomic E-state index is -0.967. The zero-order valence-electron chi connectivity index (χ0n) is 16.2. The van der Waals surface area contributed by atoms with Crippen molar-refractivity contribution in [2.75, 3.05) is 6.61 Å². The number of carbonyl (C=O) groups excluding carboxylic acids is 1. The predicted octanol–water partition coefficient (Wildman–Crippen LogP) is 5.65. The Hall–Kier alpha value is -1.14. The van der Waals surface area contributed by atoms with E-state index in [1.165, 1.54) is 37.8 Å². The predicted molar refractivity (Wildman–Crippen MR) is 110 cm³/mol. The maximum absolute atomic E-state index is 14.5. The average Bonchev–Trinajstić information content (AvgIpc) is 3.47. The van der Waals surface area contributed by atoms with Gasteiger partial charge in [0.1, 0.15) is 11.6 Å². The van der Waals surface area contributed by atoms with Gasteiger partial charge in [-0.05, 0) is 60.9 Å². The summed E-state index contributed by atoms with van der Waals surface area (Å²) in [6.45, 7) is 2.78. The summed E-state index contributed by atoms with van der Waals surface area (Å²) in [5.74, 6) is 0.618. The summed E-state index contributed by atoms with van der Waals surface area (Å²) >= 11 is 6.30. The fourth-order valence-corrected chi connectivity index (χ4v) is 6.28. The van der Waals surface area contributed by atoms with Crippen molar-refractivity contribution in [2.45, 2.75) is 63.5 Å². The number of amides is 1. The normalized spacial score (nSPS) is 30.5. The second kappa shape index (κ2) is 7.94. The quantitative estimate of drug-likeness (QED) is 0.617. The van der Waals surface area contributed by atoms with E-state index >= 15 is 0 Å². The molecule has 4 rings (SSSR count). The Kier molecular flexibility index (Phi) is 5.71. The summed E-state index contributed by atoms with van der Waals surface area (Å²) < 4.78 is 31.0. The second-order valence-corrected chi connectivity index (χ2v) is 11.1. The molecule has 4 nitrogen and oxygen atoms in total. The van der Waals surface area contributed by atoms with Crippen LogP contribution in [0, 0.1) is 27.8 Å². The Labute approximate surface area is 173 Å². The Morgan fingerprint density at radius 1 is 1.32 bits per heavy atom. The molecule has 7 heteroatoms. The summed E-state index contributed by atoms with van der Waals surface area (Å²) in [5, 5.41) is 0.447. The number of ether oxygens (including phenoxy) is 1. The zero-order valence-corrected chi connectivity index (χ0v) is 17.8. The van der Waals surface area contributed by atoms with Gasteiger partial charge < -0.3 is 4.74 Å². The molecule has 1 aromatic rings. The lowest BCUT2D eigenvalue weighted by molar-refractivity contribution is 0.0297. The molecule has 2 N–H and O–H groups in total. The van der Waals surface area contributed by atoms with Gasteiger partial charge in [0, 0.05) is 16.7 Å². The van der Waals surface area contributed by atoms with Crippen LogP contribution in [0.15, 0.2) is 12.1 Å². The number of benzene rings is 1. The van der Waals surface area contributed by atoms with Gasteiger partial charge >= 0.3 is 0 Å². The molecule has 3 aliphatic rings. The second-order valence-electron chi connectivity index (χ2n) is 9.14. The first kappa shape index (κ1) is 20.1. The van der Waals surface area contributed by atoms with Crippen LogP contribution in [0.5, 0.6) is 5.75 Å². The van der Waals surface area contributed by atoms with Crippen molar-refractivity contribution in [3.05, 3.63) is 28.5 Å². The molecule has 3 fully saturated rings. The zero-order chi connectivity index (χ0) is 19.9. The van der Waals surface area contributed by atoms with Gasteiger partial charge in [-0.3, -0.25) is 14.3 Å². The minimum Gasteiger partial charge on any atom is -0.491 e. The van der Waals surface area contributed by atoms with Crippen LogP contribution < -0.4 is 9.46 Å². The van der Waals surface area contributed by atoms with Crippen molar-refractivity contribution in [1.29, 1.82) is 4.78 Å². The van der Waals surface area contributed by atoms with E-state index in [2.05, 4.69) is 11.6 Å². The van der Waals surface area contributed by atoms with Crippen LogP contribution in [0.2, 0.25) is 5.02 Å². The molecule has 154 valence electrons. The van der Waals surface area contributed by atoms with Crippen LogP contribution in [0.3, 0.4) is 0 Å². The lowest BCUT2D eigenvalue weighted by Crippen LogP contribution is -2.37. The molecule has 0 aromatic heterocycles. The minimum absolute atomic E-state index is 0.0910. The molecule has 2 bridgehead atoms. The number of carbonyl (C=O) groups is 1. The highest BCUT2D eigenvalue weighted by Gasteiger charge is 2.39. The summed E-state index contributed by atoms with van der Waals surface area (Å²) in [6, 6.07) is 2.53. The van der Waals surface area contributed by atoms with Crippen molar-refractivity contribution < 1.29 is 13.9 Å². The standard InChI is InChI=1S/C21H28ClFN2O2S/c1-21(10-13-3-2-4-14(7-13)11-21)12-27-19-9-18(23)16(8-17(19)22)20(26)25-28(24)15-5-6-15/h8-9,13-15H,2-7,10-12H2,1H3,(H2,24,25,26). The van der Waals surface area contributed by atoms with Crippen molar-refractivity contribution in [3.8, 4) is 5.75 Å². The molecule has 1 amide bonds. The van der Waals surface area contributed by atoms with E-state index in [9.17, 15) is 9.18 Å². The van der Waals surface area contributed by atoms with Crippen LogP contribution in [0.25, 0.3) is 0 Å². The maximum Gasteiger partial charge on any atom is 0.264 e. The summed E-state index contributed by atoms with van der Waals surface area (Å²) in [4.78, 5) is 12.3. The molecule has 3 aliphatic carbocycles. The molecule has 0 spiro atoms. The van der Waals surface area contributed by atoms with Crippen molar-refractivity contribution in [2.24, 2.45) is 17.3 Å². The smallest absolute Gasteiger partial charge is 0.264 e. The van der Waals surface area contributed by atoms with Gasteiger partial charge in [-0.15, -0.1) is 0 Å². The number of fused-ring (bicyclic) bond motifs is 2. The van der Waals surface area contributed by atoms with E-state index in [0.717, 1.165) is 37.5 Å². The van der Waals surface area contributed by atoms with Gasteiger partial charge in [0.05, 0.1) is 17.2 Å². The highest BCUT2D eigenvalue weighted by molar-refractivity contribution is 7.85. The van der Waals surface area contributed by atoms with E-state index in [0.29, 0.717) is 12.4 Å². The number of hydrogen-bond donors (Lipinski definition) is 2. The van der Waals surface area contributed by atoms with Crippen molar-refractivity contribution >= 4 is 28.4 Å². The third-order valence-electron chi connectivity index (χ3n) is 6.36. The monoisotopic (exact) mass is 426 g/mol. The van der Waals surface area contributed by atoms with Crippen LogP contribution >= 0.6 is 11.6 Å². The number of halogens is 2. The van der Waals surface area contributed by atoms with Gasteiger partial charge in [-0.25, -0.2) is 4.39 Å². The summed E-state index contributed by atoms with van der Waals surface area (Å²) in [7, 11) is -0.967. The molecule has 3 unspecified atom stereocenters. The molecule has 0 radical (unpaired) electrons. The van der Waals surface area contributed by atoms with E-state index in [-0.39, 0.29) is 21.3 Å². The molecule has 28 heavy (non-hydrogen) atoms. The number of nitrogens with one attached hydrogen (secondary N) is 2. The van der Waals surface area contributed by atoms with Gasteiger partial charge in [0.15, 0.2) is 0 Å². The van der Waals surface area contributed by atoms with Crippen LogP contribution in [-0.2, 0) is 10.9 Å². The van der Waals surface area contributed by atoms with E-state index in [1.807, 2.05) is 0 Å². The Balaban J connectivity index is 1.41. The first-order valence-corrected chi connectivity index (χ1v) is 11.9. The van der Waals surface area contributed by atoms with E-state index in [1.54, 1.807) is 0 Å². The van der Waals surface area contributed by atoms with Crippen LogP contribution in [0.1, 0.15) is 68.6 Å². The third kappa shape index (κ3) is 4.54. The van der Waals surface area contributed by atoms with Gasteiger partial charge in [-0.2, -0.15) is 0 Å². The average molecular weight is 427 g/mol. The van der Waals surface area contributed by atoms with Crippen LogP contribution in [-0.4, -0.2) is 17.8 Å². The highest BCUT2D eigenvalue weighted by Crippen LogP contribution is 2.49. The number of rotatable bonds is 6. The molecule has 3 atom stereocenters.